The number of hydrogen-bond acceptors (Lipinski definition) is 4. The Kier molecular flexibility index (Phi) is 3.99. The van der Waals surface area contributed by atoms with Crippen LogP contribution >= 0.6 is 15.9 Å². The first-order chi connectivity index (χ1) is 10.7. The number of nitriles is 1. The fourth-order valence-corrected chi connectivity index (χ4v) is 3.30. The molecule has 2 aromatic rings. The first kappa shape index (κ1) is 14.8. The molecule has 2 atom stereocenters. The highest BCUT2D eigenvalue weighted by atomic mass is 79.9. The molecule has 0 fully saturated rings. The first-order valence-electron chi connectivity index (χ1n) is 7.14. The summed E-state index contributed by atoms with van der Waals surface area (Å²) >= 11 is 3.47. The lowest BCUT2D eigenvalue weighted by molar-refractivity contribution is 0.436. The van der Waals surface area contributed by atoms with Crippen molar-refractivity contribution in [2.45, 2.75) is 25.7 Å². The van der Waals surface area contributed by atoms with Gasteiger partial charge in [0.25, 0.3) is 0 Å². The second-order valence-corrected chi connectivity index (χ2v) is 6.19. The van der Waals surface area contributed by atoms with E-state index in [2.05, 4.69) is 39.1 Å². The molecule has 0 bridgehead atoms. The van der Waals surface area contributed by atoms with Crippen molar-refractivity contribution in [1.29, 1.82) is 10.7 Å². The number of benzene rings is 1. The molecule has 2 N–H and O–H groups in total. The molecular weight excluding hydrogens is 344 g/mol. The summed E-state index contributed by atoms with van der Waals surface area (Å²) in [4.78, 5) is 0. The summed E-state index contributed by atoms with van der Waals surface area (Å²) in [6, 6.07) is 10.1. The second kappa shape index (κ2) is 5.93. The number of hydrogen-bond donors (Lipinski definition) is 2. The maximum absolute atomic E-state index is 9.53. The largest absolute Gasteiger partial charge is 0.422 e. The van der Waals surface area contributed by atoms with Crippen LogP contribution in [0.15, 0.2) is 28.7 Å². The molecule has 0 saturated carbocycles. The van der Waals surface area contributed by atoms with E-state index >= 15 is 0 Å². The van der Waals surface area contributed by atoms with E-state index in [4.69, 9.17) is 10.1 Å². The highest BCUT2D eigenvalue weighted by molar-refractivity contribution is 9.10. The van der Waals surface area contributed by atoms with Gasteiger partial charge in [-0.25, -0.2) is 0 Å². The van der Waals surface area contributed by atoms with Crippen molar-refractivity contribution in [2.75, 3.05) is 0 Å². The van der Waals surface area contributed by atoms with Crippen molar-refractivity contribution >= 4 is 21.8 Å². The zero-order valence-corrected chi connectivity index (χ0v) is 13.6. The molecule has 2 unspecified atom stereocenters. The Labute approximate surface area is 136 Å². The standard InChI is InChI=1S/C16H15BrN4O/c1-2-4-12-14-13(9-5-3-6-10(17)7-9)11(8-18)15(19)22-16(14)21-20-12/h3,5-7,11,13,19H,2,4H2,1H3,(H,20,21). The van der Waals surface area contributed by atoms with E-state index in [1.165, 1.54) is 0 Å². The highest BCUT2D eigenvalue weighted by Gasteiger charge is 2.40. The van der Waals surface area contributed by atoms with Gasteiger partial charge in [-0.05, 0) is 24.1 Å². The molecule has 3 rings (SSSR count). The van der Waals surface area contributed by atoms with Gasteiger partial charge >= 0.3 is 0 Å². The van der Waals surface area contributed by atoms with Gasteiger partial charge in [-0.2, -0.15) is 5.26 Å². The summed E-state index contributed by atoms with van der Waals surface area (Å²) in [5.74, 6) is -0.506. The Morgan fingerprint density at radius 2 is 2.32 bits per heavy atom. The third-order valence-electron chi connectivity index (χ3n) is 3.83. The van der Waals surface area contributed by atoms with Crippen LogP contribution in [0, 0.1) is 22.7 Å². The number of nitrogens with one attached hydrogen (secondary N) is 2. The Balaban J connectivity index is 2.19. The summed E-state index contributed by atoms with van der Waals surface area (Å²) in [5, 5.41) is 24.7. The van der Waals surface area contributed by atoms with Crippen LogP contribution in [0.3, 0.4) is 0 Å². The van der Waals surface area contributed by atoms with Crippen LogP contribution in [0.4, 0.5) is 0 Å². The van der Waals surface area contributed by atoms with Gasteiger partial charge in [0.1, 0.15) is 5.92 Å². The third kappa shape index (κ3) is 2.42. The average molecular weight is 359 g/mol. The lowest BCUT2D eigenvalue weighted by Gasteiger charge is -2.28. The lowest BCUT2D eigenvalue weighted by Crippen LogP contribution is -2.31. The number of aryl methyl sites for hydroxylation is 1. The predicted octanol–water partition coefficient (Wildman–Crippen LogP) is 3.77. The minimum absolute atomic E-state index is 0.0467. The van der Waals surface area contributed by atoms with Gasteiger partial charge in [0.15, 0.2) is 0 Å². The highest BCUT2D eigenvalue weighted by Crippen LogP contribution is 2.43. The number of halogens is 1. The summed E-state index contributed by atoms with van der Waals surface area (Å²) in [6.07, 6.45) is 1.80. The number of nitrogens with zero attached hydrogens (tertiary/aromatic N) is 2. The number of rotatable bonds is 3. The van der Waals surface area contributed by atoms with E-state index in [1.807, 2.05) is 24.3 Å². The molecule has 0 spiro atoms. The maximum Gasteiger partial charge on any atom is 0.243 e. The lowest BCUT2D eigenvalue weighted by atomic mass is 9.79. The van der Waals surface area contributed by atoms with Crippen LogP contribution in [0.1, 0.15) is 36.1 Å². The Morgan fingerprint density at radius 1 is 1.50 bits per heavy atom. The van der Waals surface area contributed by atoms with Crippen molar-refractivity contribution in [3.05, 3.63) is 45.6 Å². The van der Waals surface area contributed by atoms with Crippen LogP contribution in [0.5, 0.6) is 5.88 Å². The molecule has 0 amide bonds. The minimum Gasteiger partial charge on any atom is -0.422 e. The molecule has 2 heterocycles. The average Bonchev–Trinajstić information content (AvgIpc) is 2.88. The van der Waals surface area contributed by atoms with E-state index in [0.717, 1.165) is 34.1 Å². The number of aromatic amines is 1. The number of fused-ring (bicyclic) bond motifs is 1. The zero-order valence-electron chi connectivity index (χ0n) is 12.1. The molecular formula is C16H15BrN4O. The molecule has 112 valence electrons. The van der Waals surface area contributed by atoms with Gasteiger partial charge in [-0.1, -0.05) is 41.4 Å². The quantitative estimate of drug-likeness (QED) is 0.875. The van der Waals surface area contributed by atoms with Gasteiger partial charge in [0.2, 0.25) is 11.8 Å². The Hall–Kier alpha value is -2.13. The van der Waals surface area contributed by atoms with Crippen LogP contribution < -0.4 is 4.74 Å². The Morgan fingerprint density at radius 3 is 3.00 bits per heavy atom. The third-order valence-corrected chi connectivity index (χ3v) is 4.32. The predicted molar refractivity (Wildman–Crippen MR) is 86.0 cm³/mol. The molecule has 0 radical (unpaired) electrons. The molecule has 22 heavy (non-hydrogen) atoms. The molecule has 1 aromatic carbocycles. The van der Waals surface area contributed by atoms with Crippen LogP contribution in [0.25, 0.3) is 0 Å². The van der Waals surface area contributed by atoms with Crippen molar-refractivity contribution in [3.8, 4) is 11.9 Å². The molecule has 0 aliphatic carbocycles. The molecule has 6 heteroatoms. The topological polar surface area (TPSA) is 85.5 Å². The van der Waals surface area contributed by atoms with E-state index in [0.29, 0.717) is 5.88 Å². The van der Waals surface area contributed by atoms with Crippen LogP contribution in [0.2, 0.25) is 0 Å². The number of aromatic nitrogens is 2. The van der Waals surface area contributed by atoms with Gasteiger partial charge < -0.3 is 4.74 Å². The smallest absolute Gasteiger partial charge is 0.243 e. The van der Waals surface area contributed by atoms with Gasteiger partial charge in [0, 0.05) is 21.6 Å². The van der Waals surface area contributed by atoms with E-state index in [1.54, 1.807) is 0 Å². The number of H-pyrrole nitrogens is 1. The summed E-state index contributed by atoms with van der Waals surface area (Å²) < 4.78 is 6.40. The number of ether oxygens (including phenoxy) is 1. The second-order valence-electron chi connectivity index (χ2n) is 5.28. The fraction of sp³-hybridized carbons (Fsp3) is 0.312. The Bertz CT molecular complexity index is 762. The van der Waals surface area contributed by atoms with Crippen LogP contribution in [-0.4, -0.2) is 16.1 Å². The molecule has 1 aliphatic rings. The van der Waals surface area contributed by atoms with Crippen molar-refractivity contribution in [3.63, 3.8) is 0 Å². The van der Waals surface area contributed by atoms with Crippen LogP contribution in [-0.2, 0) is 6.42 Å². The van der Waals surface area contributed by atoms with Crippen molar-refractivity contribution in [2.24, 2.45) is 5.92 Å². The van der Waals surface area contributed by atoms with Crippen molar-refractivity contribution in [1.82, 2.24) is 10.2 Å². The van der Waals surface area contributed by atoms with Crippen molar-refractivity contribution < 1.29 is 4.74 Å². The van der Waals surface area contributed by atoms with E-state index in [9.17, 15) is 5.26 Å². The maximum atomic E-state index is 9.53. The normalized spacial score (nSPS) is 20.1. The SMILES string of the molecule is CCCc1[nH]nc2c1C(c1cccc(Br)c1)C(C#N)C(=N)O2. The summed E-state index contributed by atoms with van der Waals surface area (Å²) in [5.41, 5.74) is 2.87. The van der Waals surface area contributed by atoms with E-state index < -0.39 is 5.92 Å². The summed E-state index contributed by atoms with van der Waals surface area (Å²) in [7, 11) is 0. The summed E-state index contributed by atoms with van der Waals surface area (Å²) in [6.45, 7) is 2.09. The monoisotopic (exact) mass is 358 g/mol. The van der Waals surface area contributed by atoms with Gasteiger partial charge in [-0.15, -0.1) is 5.10 Å². The molecule has 5 nitrogen and oxygen atoms in total. The van der Waals surface area contributed by atoms with E-state index in [-0.39, 0.29) is 11.8 Å². The molecule has 1 aliphatic heterocycles. The van der Waals surface area contributed by atoms with Gasteiger partial charge in [0.05, 0.1) is 6.07 Å². The molecule has 1 aromatic heterocycles. The van der Waals surface area contributed by atoms with Gasteiger partial charge in [-0.3, -0.25) is 10.5 Å². The molecule has 0 saturated heterocycles. The zero-order chi connectivity index (χ0) is 15.7. The first-order valence-corrected chi connectivity index (χ1v) is 7.93. The minimum atomic E-state index is -0.644. The fourth-order valence-electron chi connectivity index (χ4n) is 2.88.